The first-order chi connectivity index (χ1) is 8.76. The molecule has 0 aromatic carbocycles. The smallest absolute Gasteiger partial charge is 0.241 e. The van der Waals surface area contributed by atoms with Crippen LogP contribution in [0.2, 0.25) is 0 Å². The zero-order valence-corrected chi connectivity index (χ0v) is 11.0. The van der Waals surface area contributed by atoms with Gasteiger partial charge in [0.1, 0.15) is 6.54 Å². The highest BCUT2D eigenvalue weighted by Crippen LogP contribution is 1.92. The molecule has 0 radical (unpaired) electrons. The van der Waals surface area contributed by atoms with Crippen molar-refractivity contribution >= 4 is 5.91 Å². The maximum Gasteiger partial charge on any atom is 0.241 e. The van der Waals surface area contributed by atoms with Gasteiger partial charge >= 0.3 is 0 Å². The molecule has 0 unspecified atom stereocenters. The molecular formula is C11H21N5O2. The summed E-state index contributed by atoms with van der Waals surface area (Å²) in [6.45, 7) is 5.05. The summed E-state index contributed by atoms with van der Waals surface area (Å²) in [7, 11) is 1.64. The van der Waals surface area contributed by atoms with Crippen LogP contribution in [0.15, 0.2) is 6.20 Å². The lowest BCUT2D eigenvalue weighted by Crippen LogP contribution is -2.29. The Kier molecular flexibility index (Phi) is 6.97. The highest BCUT2D eigenvalue weighted by molar-refractivity contribution is 5.75. The van der Waals surface area contributed by atoms with E-state index in [4.69, 9.17) is 4.74 Å². The monoisotopic (exact) mass is 255 g/mol. The molecule has 2 N–H and O–H groups in total. The number of nitrogens with one attached hydrogen (secondary N) is 2. The maximum absolute atomic E-state index is 11.5. The van der Waals surface area contributed by atoms with Crippen molar-refractivity contribution in [3.05, 3.63) is 11.9 Å². The first-order valence-electron chi connectivity index (χ1n) is 6.11. The highest BCUT2D eigenvalue weighted by atomic mass is 16.5. The predicted octanol–water partition coefficient (Wildman–Crippen LogP) is -0.460. The third-order valence-corrected chi connectivity index (χ3v) is 2.30. The van der Waals surface area contributed by atoms with Gasteiger partial charge in [-0.2, -0.15) is 0 Å². The van der Waals surface area contributed by atoms with Gasteiger partial charge in [0.15, 0.2) is 0 Å². The van der Waals surface area contributed by atoms with E-state index in [1.807, 2.05) is 6.92 Å². The number of methoxy groups -OCH3 is 1. The van der Waals surface area contributed by atoms with Gasteiger partial charge in [0.05, 0.1) is 11.9 Å². The van der Waals surface area contributed by atoms with Gasteiger partial charge in [-0.05, 0) is 13.0 Å². The van der Waals surface area contributed by atoms with Crippen molar-refractivity contribution in [2.75, 3.05) is 26.8 Å². The molecule has 1 amide bonds. The van der Waals surface area contributed by atoms with Crippen molar-refractivity contribution in [3.8, 4) is 0 Å². The van der Waals surface area contributed by atoms with E-state index in [-0.39, 0.29) is 12.5 Å². The van der Waals surface area contributed by atoms with Crippen LogP contribution in [0.5, 0.6) is 0 Å². The average molecular weight is 255 g/mol. The summed E-state index contributed by atoms with van der Waals surface area (Å²) in [6.07, 6.45) is 2.59. The van der Waals surface area contributed by atoms with E-state index in [1.165, 1.54) is 0 Å². The molecular weight excluding hydrogens is 234 g/mol. The van der Waals surface area contributed by atoms with E-state index in [0.717, 1.165) is 18.7 Å². The topological polar surface area (TPSA) is 81.1 Å². The van der Waals surface area contributed by atoms with E-state index >= 15 is 0 Å². The van der Waals surface area contributed by atoms with Crippen molar-refractivity contribution in [2.45, 2.75) is 26.4 Å². The minimum Gasteiger partial charge on any atom is -0.385 e. The number of carbonyl (C=O) groups excluding carboxylic acids is 1. The summed E-state index contributed by atoms with van der Waals surface area (Å²) >= 11 is 0. The van der Waals surface area contributed by atoms with Crippen molar-refractivity contribution in [1.82, 2.24) is 25.6 Å². The molecule has 0 aliphatic rings. The second-order valence-electron chi connectivity index (χ2n) is 3.88. The Balaban J connectivity index is 2.24. The summed E-state index contributed by atoms with van der Waals surface area (Å²) in [5.41, 5.74) is 0.837. The Labute approximate surface area is 107 Å². The van der Waals surface area contributed by atoms with E-state index < -0.39 is 0 Å². The minimum absolute atomic E-state index is 0.0639. The number of aromatic nitrogens is 3. The van der Waals surface area contributed by atoms with Crippen molar-refractivity contribution < 1.29 is 9.53 Å². The fourth-order valence-corrected chi connectivity index (χ4v) is 1.40. The molecule has 1 aromatic rings. The molecule has 0 atom stereocenters. The molecule has 7 heteroatoms. The number of ether oxygens (including phenoxy) is 1. The molecule has 0 saturated heterocycles. The van der Waals surface area contributed by atoms with Crippen molar-refractivity contribution in [3.63, 3.8) is 0 Å². The van der Waals surface area contributed by atoms with E-state index in [9.17, 15) is 4.79 Å². The van der Waals surface area contributed by atoms with Crippen LogP contribution >= 0.6 is 0 Å². The Morgan fingerprint density at radius 3 is 3.11 bits per heavy atom. The highest BCUT2D eigenvalue weighted by Gasteiger charge is 2.05. The third kappa shape index (κ3) is 5.74. The Morgan fingerprint density at radius 1 is 1.56 bits per heavy atom. The molecule has 102 valence electrons. The number of hydrogen-bond donors (Lipinski definition) is 2. The average Bonchev–Trinajstić information content (AvgIpc) is 2.80. The van der Waals surface area contributed by atoms with Crippen molar-refractivity contribution in [1.29, 1.82) is 0 Å². The fourth-order valence-electron chi connectivity index (χ4n) is 1.40. The molecule has 18 heavy (non-hydrogen) atoms. The van der Waals surface area contributed by atoms with Gasteiger partial charge in [0.25, 0.3) is 0 Å². The lowest BCUT2D eigenvalue weighted by molar-refractivity contribution is -0.121. The second-order valence-corrected chi connectivity index (χ2v) is 3.88. The van der Waals surface area contributed by atoms with Crippen LogP contribution in [0.1, 0.15) is 19.0 Å². The van der Waals surface area contributed by atoms with Gasteiger partial charge in [-0.3, -0.25) is 4.79 Å². The maximum atomic E-state index is 11.5. The molecule has 0 bridgehead atoms. The van der Waals surface area contributed by atoms with Crippen LogP contribution < -0.4 is 10.6 Å². The lowest BCUT2D eigenvalue weighted by atomic mass is 10.4. The summed E-state index contributed by atoms with van der Waals surface area (Å²) in [6, 6.07) is 0. The molecule has 0 saturated carbocycles. The Morgan fingerprint density at radius 2 is 2.39 bits per heavy atom. The van der Waals surface area contributed by atoms with Gasteiger partial charge in [-0.25, -0.2) is 4.68 Å². The van der Waals surface area contributed by atoms with Crippen LogP contribution in [-0.2, 0) is 22.6 Å². The number of carbonyl (C=O) groups is 1. The summed E-state index contributed by atoms with van der Waals surface area (Å²) in [4.78, 5) is 11.5. The normalized spacial score (nSPS) is 10.6. The zero-order chi connectivity index (χ0) is 13.2. The van der Waals surface area contributed by atoms with Gasteiger partial charge in [0.2, 0.25) is 5.91 Å². The molecule has 1 heterocycles. The largest absolute Gasteiger partial charge is 0.385 e. The number of amides is 1. The molecule has 0 aliphatic heterocycles. The Hall–Kier alpha value is -1.47. The second kappa shape index (κ2) is 8.60. The van der Waals surface area contributed by atoms with Crippen LogP contribution in [0.3, 0.4) is 0 Å². The quantitative estimate of drug-likeness (QED) is 0.584. The minimum atomic E-state index is -0.0639. The van der Waals surface area contributed by atoms with E-state index in [2.05, 4.69) is 20.9 Å². The molecule has 7 nitrogen and oxygen atoms in total. The molecule has 0 fully saturated rings. The van der Waals surface area contributed by atoms with Gasteiger partial charge in [-0.15, -0.1) is 5.10 Å². The van der Waals surface area contributed by atoms with Gasteiger partial charge in [-0.1, -0.05) is 12.1 Å². The Bertz CT molecular complexity index is 353. The number of rotatable bonds is 9. The number of hydrogen-bond acceptors (Lipinski definition) is 5. The first kappa shape index (κ1) is 14.6. The van der Waals surface area contributed by atoms with Crippen LogP contribution in [0, 0.1) is 0 Å². The molecule has 1 aromatic heterocycles. The third-order valence-electron chi connectivity index (χ3n) is 2.30. The predicted molar refractivity (Wildman–Crippen MR) is 66.9 cm³/mol. The lowest BCUT2D eigenvalue weighted by Gasteiger charge is -2.04. The summed E-state index contributed by atoms with van der Waals surface area (Å²) in [5, 5.41) is 13.8. The SMILES string of the molecule is CCNCc1cn(CC(=O)NCCCOC)nn1. The molecule has 1 rings (SSSR count). The molecule has 0 spiro atoms. The van der Waals surface area contributed by atoms with Crippen LogP contribution in [0.25, 0.3) is 0 Å². The van der Waals surface area contributed by atoms with E-state index in [1.54, 1.807) is 18.0 Å². The van der Waals surface area contributed by atoms with Crippen LogP contribution in [-0.4, -0.2) is 47.7 Å². The number of nitrogens with zero attached hydrogens (tertiary/aromatic N) is 3. The zero-order valence-electron chi connectivity index (χ0n) is 11.0. The fraction of sp³-hybridized carbons (Fsp3) is 0.727. The first-order valence-corrected chi connectivity index (χ1v) is 6.11. The molecule has 0 aliphatic carbocycles. The summed E-state index contributed by atoms with van der Waals surface area (Å²) < 4.78 is 6.44. The van der Waals surface area contributed by atoms with Crippen molar-refractivity contribution in [2.24, 2.45) is 0 Å². The van der Waals surface area contributed by atoms with E-state index in [0.29, 0.717) is 19.7 Å². The van der Waals surface area contributed by atoms with Crippen LogP contribution in [0.4, 0.5) is 0 Å². The van der Waals surface area contributed by atoms with Gasteiger partial charge < -0.3 is 15.4 Å². The standard InChI is InChI=1S/C11H21N5O2/c1-3-12-7-10-8-16(15-14-10)9-11(17)13-5-4-6-18-2/h8,12H,3-7,9H2,1-2H3,(H,13,17). The summed E-state index contributed by atoms with van der Waals surface area (Å²) in [5.74, 6) is -0.0639. The van der Waals surface area contributed by atoms with Gasteiger partial charge in [0, 0.05) is 26.8 Å².